The second kappa shape index (κ2) is 10.7. The number of aliphatic hydroxyl groups excluding tert-OH is 1. The maximum absolute atomic E-state index is 12.5. The third-order valence-corrected chi connectivity index (χ3v) is 6.57. The molecule has 1 saturated heterocycles. The van der Waals surface area contributed by atoms with E-state index in [1.54, 1.807) is 5.38 Å². The Balaban J connectivity index is 1.56. The summed E-state index contributed by atoms with van der Waals surface area (Å²) in [6.07, 6.45) is 7.39. The number of amides is 1. The van der Waals surface area contributed by atoms with Gasteiger partial charge in [-0.05, 0) is 49.8 Å². The van der Waals surface area contributed by atoms with Gasteiger partial charge in [-0.2, -0.15) is 0 Å². The van der Waals surface area contributed by atoms with Gasteiger partial charge in [-0.15, -0.1) is 11.3 Å². The first-order valence-corrected chi connectivity index (χ1v) is 11.6. The Labute approximate surface area is 181 Å². The molecule has 1 fully saturated rings. The fourth-order valence-electron chi connectivity index (χ4n) is 4.00. The number of carboxylic acid groups (broad SMARTS) is 1. The highest BCUT2D eigenvalue weighted by Gasteiger charge is 2.31. The second-order valence-corrected chi connectivity index (χ2v) is 8.83. The van der Waals surface area contributed by atoms with Gasteiger partial charge in [0.2, 0.25) is 5.91 Å². The molecule has 1 aromatic heterocycles. The zero-order chi connectivity index (χ0) is 21.5. The number of rotatable bonds is 11. The summed E-state index contributed by atoms with van der Waals surface area (Å²) in [5.74, 6) is -0.859. The third-order valence-electron chi connectivity index (χ3n) is 5.66. The lowest BCUT2D eigenvalue weighted by molar-refractivity contribution is -0.117. The minimum atomic E-state index is -0.996. The van der Waals surface area contributed by atoms with Crippen LogP contribution in [0.3, 0.4) is 0 Å². The minimum Gasteiger partial charge on any atom is -0.476 e. The fraction of sp³-hybridized carbons (Fsp3) is 0.522. The molecule has 162 valence electrons. The number of carboxylic acids is 1. The zero-order valence-corrected chi connectivity index (χ0v) is 18.2. The molecule has 3 rings (SSSR count). The molecule has 1 aliphatic heterocycles. The van der Waals surface area contributed by atoms with Gasteiger partial charge in [0.15, 0.2) is 5.69 Å². The molecule has 2 heterocycles. The van der Waals surface area contributed by atoms with E-state index in [0.29, 0.717) is 6.42 Å². The van der Waals surface area contributed by atoms with Gasteiger partial charge >= 0.3 is 5.97 Å². The van der Waals surface area contributed by atoms with E-state index in [1.807, 2.05) is 29.2 Å². The average Bonchev–Trinajstić information content (AvgIpc) is 3.35. The highest BCUT2D eigenvalue weighted by atomic mass is 32.1. The van der Waals surface area contributed by atoms with Crippen LogP contribution in [0.5, 0.6) is 0 Å². The number of hydrogen-bond donors (Lipinski definition) is 2. The smallest absolute Gasteiger partial charge is 0.355 e. The van der Waals surface area contributed by atoms with E-state index < -0.39 is 12.1 Å². The Bertz CT molecular complexity index is 849. The summed E-state index contributed by atoms with van der Waals surface area (Å²) in [5, 5.41) is 21.7. The number of anilines is 1. The standard InChI is InChI=1S/C23H30N2O4S/c1-2-3-4-7-20(26)16-9-11-18(12-10-16)25-17(13-14-22(25)27)6-5-8-21-24-19(15-30-21)23(28)29/h9-12,15,17,20,26H,2-8,13-14H2,1H3,(H,28,29). The predicted octanol–water partition coefficient (Wildman–Crippen LogP) is 4.97. The number of carbonyl (C=O) groups is 2. The van der Waals surface area contributed by atoms with Crippen LogP contribution in [-0.4, -0.2) is 33.1 Å². The summed E-state index contributed by atoms with van der Waals surface area (Å²) < 4.78 is 0. The summed E-state index contributed by atoms with van der Waals surface area (Å²) >= 11 is 1.37. The number of nitrogens with zero attached hydrogens (tertiary/aromatic N) is 2. The Morgan fingerprint density at radius 1 is 1.27 bits per heavy atom. The molecule has 0 saturated carbocycles. The van der Waals surface area contributed by atoms with Crippen molar-refractivity contribution in [2.75, 3.05) is 4.90 Å². The first-order valence-electron chi connectivity index (χ1n) is 10.8. The molecule has 2 N–H and O–H groups in total. The third kappa shape index (κ3) is 5.67. The number of aliphatic hydroxyl groups is 1. The molecular formula is C23H30N2O4S. The number of aromatic nitrogens is 1. The Kier molecular flexibility index (Phi) is 7.99. The minimum absolute atomic E-state index is 0.102. The van der Waals surface area contributed by atoms with Crippen LogP contribution >= 0.6 is 11.3 Å². The van der Waals surface area contributed by atoms with E-state index in [4.69, 9.17) is 5.11 Å². The molecule has 1 amide bonds. The van der Waals surface area contributed by atoms with Gasteiger partial charge < -0.3 is 15.1 Å². The van der Waals surface area contributed by atoms with E-state index in [0.717, 1.165) is 67.6 Å². The largest absolute Gasteiger partial charge is 0.476 e. The monoisotopic (exact) mass is 430 g/mol. The lowest BCUT2D eigenvalue weighted by atomic mass is 10.0. The molecule has 7 heteroatoms. The number of carbonyl (C=O) groups excluding carboxylic acids is 1. The highest BCUT2D eigenvalue weighted by Crippen LogP contribution is 2.31. The van der Waals surface area contributed by atoms with Gasteiger partial charge in [0, 0.05) is 23.5 Å². The van der Waals surface area contributed by atoms with Crippen molar-refractivity contribution >= 4 is 28.9 Å². The van der Waals surface area contributed by atoms with Crippen LogP contribution in [0, 0.1) is 0 Å². The fourth-order valence-corrected chi connectivity index (χ4v) is 4.81. The number of aromatic carboxylic acids is 1. The van der Waals surface area contributed by atoms with Gasteiger partial charge in [0.05, 0.1) is 11.1 Å². The van der Waals surface area contributed by atoms with Crippen LogP contribution < -0.4 is 4.90 Å². The van der Waals surface area contributed by atoms with Gasteiger partial charge in [-0.25, -0.2) is 9.78 Å². The number of hydrogen-bond acceptors (Lipinski definition) is 5. The predicted molar refractivity (Wildman–Crippen MR) is 118 cm³/mol. The molecule has 0 spiro atoms. The highest BCUT2D eigenvalue weighted by molar-refractivity contribution is 7.09. The average molecular weight is 431 g/mol. The topological polar surface area (TPSA) is 90.7 Å². The van der Waals surface area contributed by atoms with Gasteiger partial charge in [0.1, 0.15) is 0 Å². The first kappa shape index (κ1) is 22.4. The molecule has 6 nitrogen and oxygen atoms in total. The number of thiazole rings is 1. The molecule has 30 heavy (non-hydrogen) atoms. The van der Waals surface area contributed by atoms with E-state index in [9.17, 15) is 14.7 Å². The van der Waals surface area contributed by atoms with Gasteiger partial charge in [-0.3, -0.25) is 4.79 Å². The van der Waals surface area contributed by atoms with Crippen molar-refractivity contribution in [2.24, 2.45) is 0 Å². The molecule has 0 aliphatic carbocycles. The van der Waals surface area contributed by atoms with Crippen molar-refractivity contribution in [3.05, 3.63) is 45.9 Å². The van der Waals surface area contributed by atoms with Crippen LogP contribution in [0.15, 0.2) is 29.6 Å². The van der Waals surface area contributed by atoms with Crippen molar-refractivity contribution < 1.29 is 19.8 Å². The molecule has 0 radical (unpaired) electrons. The summed E-state index contributed by atoms with van der Waals surface area (Å²) in [6, 6.07) is 7.88. The van der Waals surface area contributed by atoms with Gasteiger partial charge in [-0.1, -0.05) is 38.3 Å². The Morgan fingerprint density at radius 3 is 2.70 bits per heavy atom. The number of unbranched alkanes of at least 4 members (excludes halogenated alkanes) is 2. The summed E-state index contributed by atoms with van der Waals surface area (Å²) in [4.78, 5) is 29.5. The van der Waals surface area contributed by atoms with Crippen LogP contribution in [0.25, 0.3) is 0 Å². The first-order chi connectivity index (χ1) is 14.5. The molecule has 2 aromatic rings. The maximum Gasteiger partial charge on any atom is 0.355 e. The van der Waals surface area contributed by atoms with Crippen LogP contribution in [-0.2, 0) is 11.2 Å². The van der Waals surface area contributed by atoms with Crippen molar-refractivity contribution in [2.45, 2.75) is 76.9 Å². The van der Waals surface area contributed by atoms with Crippen molar-refractivity contribution in [3.8, 4) is 0 Å². The lowest BCUT2D eigenvalue weighted by Crippen LogP contribution is -2.32. The lowest BCUT2D eigenvalue weighted by Gasteiger charge is -2.25. The summed E-state index contributed by atoms with van der Waals surface area (Å²) in [7, 11) is 0. The summed E-state index contributed by atoms with van der Waals surface area (Å²) in [6.45, 7) is 2.15. The maximum atomic E-state index is 12.5. The Hall–Kier alpha value is -2.25. The van der Waals surface area contributed by atoms with Gasteiger partial charge in [0.25, 0.3) is 0 Å². The molecule has 0 bridgehead atoms. The quantitative estimate of drug-likeness (QED) is 0.491. The normalized spacial score (nSPS) is 17.5. The molecule has 1 aromatic carbocycles. The van der Waals surface area contributed by atoms with Crippen molar-refractivity contribution in [1.82, 2.24) is 4.98 Å². The number of aryl methyl sites for hydroxylation is 1. The second-order valence-electron chi connectivity index (χ2n) is 7.88. The SMILES string of the molecule is CCCCCC(O)c1ccc(N2C(=O)CCC2CCCc2nc(C(=O)O)cs2)cc1. The Morgan fingerprint density at radius 2 is 2.03 bits per heavy atom. The van der Waals surface area contributed by atoms with Crippen LogP contribution in [0.1, 0.15) is 85.5 Å². The zero-order valence-electron chi connectivity index (χ0n) is 17.4. The molecular weight excluding hydrogens is 400 g/mol. The van der Waals surface area contributed by atoms with Crippen molar-refractivity contribution in [1.29, 1.82) is 0 Å². The van der Waals surface area contributed by atoms with Crippen LogP contribution in [0.2, 0.25) is 0 Å². The van der Waals surface area contributed by atoms with E-state index in [2.05, 4.69) is 11.9 Å². The molecule has 1 aliphatic rings. The molecule has 2 atom stereocenters. The van der Waals surface area contributed by atoms with E-state index >= 15 is 0 Å². The summed E-state index contributed by atoms with van der Waals surface area (Å²) in [5.41, 5.74) is 1.88. The van der Waals surface area contributed by atoms with E-state index in [-0.39, 0.29) is 17.6 Å². The molecule has 2 unspecified atom stereocenters. The van der Waals surface area contributed by atoms with Crippen molar-refractivity contribution in [3.63, 3.8) is 0 Å². The number of benzene rings is 1. The van der Waals surface area contributed by atoms with E-state index in [1.165, 1.54) is 11.3 Å². The van der Waals surface area contributed by atoms with Crippen LogP contribution in [0.4, 0.5) is 5.69 Å².